The van der Waals surface area contributed by atoms with Crippen molar-refractivity contribution in [2.45, 2.75) is 9.24 Å². The number of anilines is 1. The quantitative estimate of drug-likeness (QED) is 0.714. The first-order valence-corrected chi connectivity index (χ1v) is 6.95. The normalized spacial score (nSPS) is 10.9. The third kappa shape index (κ3) is 2.07. The number of thiazole rings is 1. The molecule has 0 bridgehead atoms. The Morgan fingerprint density at radius 3 is 2.78 bits per heavy atom. The van der Waals surface area contributed by atoms with Gasteiger partial charge in [0, 0.05) is 4.90 Å². The van der Waals surface area contributed by atoms with E-state index in [0.29, 0.717) is 4.90 Å². The highest BCUT2D eigenvalue weighted by Gasteiger charge is 2.09. The maximum absolute atomic E-state index is 13.3. The van der Waals surface area contributed by atoms with Crippen LogP contribution in [0.5, 0.6) is 0 Å². The van der Waals surface area contributed by atoms with Crippen molar-refractivity contribution in [2.24, 2.45) is 0 Å². The van der Waals surface area contributed by atoms with Crippen molar-refractivity contribution >= 4 is 39.0 Å². The molecule has 0 saturated carbocycles. The van der Waals surface area contributed by atoms with Crippen molar-refractivity contribution in [1.82, 2.24) is 4.98 Å². The van der Waals surface area contributed by atoms with E-state index in [-0.39, 0.29) is 11.5 Å². The Morgan fingerprint density at radius 1 is 1.11 bits per heavy atom. The number of para-hydroxylation sites is 2. The van der Waals surface area contributed by atoms with Crippen LogP contribution in [-0.2, 0) is 0 Å². The Hall–Kier alpha value is -1.59. The summed E-state index contributed by atoms with van der Waals surface area (Å²) in [7, 11) is 0. The number of nitrogens with zero attached hydrogens (tertiary/aromatic N) is 1. The van der Waals surface area contributed by atoms with Crippen LogP contribution in [-0.4, -0.2) is 4.98 Å². The summed E-state index contributed by atoms with van der Waals surface area (Å²) in [6, 6.07) is 12.7. The number of nitrogens with two attached hydrogens (primary N) is 1. The summed E-state index contributed by atoms with van der Waals surface area (Å²) in [4.78, 5) is 5.19. The van der Waals surface area contributed by atoms with E-state index in [1.54, 1.807) is 23.5 Å². The van der Waals surface area contributed by atoms with Crippen LogP contribution in [0.15, 0.2) is 51.7 Å². The first-order valence-electron chi connectivity index (χ1n) is 5.31. The lowest BCUT2D eigenvalue weighted by molar-refractivity contribution is 0.629. The minimum absolute atomic E-state index is 0.182. The van der Waals surface area contributed by atoms with Crippen LogP contribution in [0.2, 0.25) is 0 Å². The molecule has 1 heterocycles. The van der Waals surface area contributed by atoms with Crippen LogP contribution >= 0.6 is 23.1 Å². The van der Waals surface area contributed by atoms with Gasteiger partial charge in [0.15, 0.2) is 4.34 Å². The number of hydrogen-bond donors (Lipinski definition) is 1. The smallest absolute Gasteiger partial charge is 0.155 e. The molecule has 18 heavy (non-hydrogen) atoms. The molecule has 0 saturated heterocycles. The molecule has 0 spiro atoms. The SMILES string of the molecule is Nc1c(F)cccc1Sc1nc2ccccc2s1. The molecule has 0 fully saturated rings. The molecular formula is C13H9FN2S2. The molecule has 1 aromatic heterocycles. The van der Waals surface area contributed by atoms with Crippen molar-refractivity contribution < 1.29 is 4.39 Å². The molecule has 0 unspecified atom stereocenters. The fourth-order valence-electron chi connectivity index (χ4n) is 1.60. The lowest BCUT2D eigenvalue weighted by atomic mass is 10.3. The van der Waals surface area contributed by atoms with E-state index in [2.05, 4.69) is 4.98 Å². The molecule has 90 valence electrons. The molecular weight excluding hydrogens is 267 g/mol. The second kappa shape index (κ2) is 4.59. The van der Waals surface area contributed by atoms with Gasteiger partial charge in [-0.3, -0.25) is 0 Å². The predicted octanol–water partition coefficient (Wildman–Crippen LogP) is 4.17. The lowest BCUT2D eigenvalue weighted by Crippen LogP contribution is -1.92. The predicted molar refractivity (Wildman–Crippen MR) is 74.6 cm³/mol. The van der Waals surface area contributed by atoms with Crippen molar-refractivity contribution in [2.75, 3.05) is 5.73 Å². The second-order valence-electron chi connectivity index (χ2n) is 3.70. The van der Waals surface area contributed by atoms with Gasteiger partial charge in [0.2, 0.25) is 0 Å². The zero-order valence-corrected chi connectivity index (χ0v) is 10.9. The summed E-state index contributed by atoms with van der Waals surface area (Å²) in [5.74, 6) is -0.388. The van der Waals surface area contributed by atoms with E-state index in [1.165, 1.54) is 17.8 Å². The molecule has 3 rings (SSSR count). The summed E-state index contributed by atoms with van der Waals surface area (Å²) in [5.41, 5.74) is 6.85. The van der Waals surface area contributed by atoms with E-state index in [0.717, 1.165) is 14.6 Å². The summed E-state index contributed by atoms with van der Waals surface area (Å²) in [6.07, 6.45) is 0. The van der Waals surface area contributed by atoms with Crippen LogP contribution in [0, 0.1) is 5.82 Å². The first-order chi connectivity index (χ1) is 8.74. The number of nitrogen functional groups attached to an aromatic ring is 1. The van der Waals surface area contributed by atoms with Gasteiger partial charge in [0.1, 0.15) is 5.82 Å². The van der Waals surface area contributed by atoms with Gasteiger partial charge in [-0.1, -0.05) is 30.0 Å². The second-order valence-corrected chi connectivity index (χ2v) is 6.02. The van der Waals surface area contributed by atoms with Gasteiger partial charge in [-0.05, 0) is 24.3 Å². The fraction of sp³-hybridized carbons (Fsp3) is 0. The number of fused-ring (bicyclic) bond motifs is 1. The average Bonchev–Trinajstić information content (AvgIpc) is 2.77. The lowest BCUT2D eigenvalue weighted by Gasteiger charge is -2.02. The third-order valence-corrected chi connectivity index (χ3v) is 4.66. The van der Waals surface area contributed by atoms with Gasteiger partial charge < -0.3 is 5.73 Å². The minimum atomic E-state index is -0.388. The minimum Gasteiger partial charge on any atom is -0.395 e. The van der Waals surface area contributed by atoms with Crippen molar-refractivity contribution in [1.29, 1.82) is 0 Å². The molecule has 0 atom stereocenters. The summed E-state index contributed by atoms with van der Waals surface area (Å²) in [6.45, 7) is 0. The Balaban J connectivity index is 1.99. The summed E-state index contributed by atoms with van der Waals surface area (Å²) >= 11 is 2.98. The number of rotatable bonds is 2. The number of aromatic nitrogens is 1. The average molecular weight is 276 g/mol. The van der Waals surface area contributed by atoms with Crippen LogP contribution in [0.3, 0.4) is 0 Å². The molecule has 0 aliphatic carbocycles. The summed E-state index contributed by atoms with van der Waals surface area (Å²) < 4.78 is 15.3. The van der Waals surface area contributed by atoms with Crippen molar-refractivity contribution in [3.05, 3.63) is 48.3 Å². The molecule has 2 nitrogen and oxygen atoms in total. The topological polar surface area (TPSA) is 38.9 Å². The number of benzene rings is 2. The maximum Gasteiger partial charge on any atom is 0.155 e. The Kier molecular flexibility index (Phi) is 2.93. The molecule has 2 N–H and O–H groups in total. The molecule has 0 amide bonds. The van der Waals surface area contributed by atoms with E-state index in [9.17, 15) is 4.39 Å². The Morgan fingerprint density at radius 2 is 1.94 bits per heavy atom. The van der Waals surface area contributed by atoms with Gasteiger partial charge in [-0.25, -0.2) is 9.37 Å². The molecule has 0 radical (unpaired) electrons. The van der Waals surface area contributed by atoms with Crippen LogP contribution < -0.4 is 5.73 Å². The first kappa shape index (κ1) is 11.5. The van der Waals surface area contributed by atoms with Crippen LogP contribution in [0.1, 0.15) is 0 Å². The number of hydrogen-bond acceptors (Lipinski definition) is 4. The van der Waals surface area contributed by atoms with E-state index < -0.39 is 0 Å². The largest absolute Gasteiger partial charge is 0.395 e. The van der Waals surface area contributed by atoms with Crippen LogP contribution in [0.4, 0.5) is 10.1 Å². The molecule has 3 aromatic rings. The number of halogens is 1. The zero-order chi connectivity index (χ0) is 12.5. The van der Waals surface area contributed by atoms with E-state index in [4.69, 9.17) is 5.73 Å². The maximum atomic E-state index is 13.3. The molecule has 0 aliphatic rings. The highest BCUT2D eigenvalue weighted by Crippen LogP contribution is 2.37. The Bertz CT molecular complexity index is 676. The van der Waals surface area contributed by atoms with Crippen LogP contribution in [0.25, 0.3) is 10.2 Å². The van der Waals surface area contributed by atoms with Crippen molar-refractivity contribution in [3.63, 3.8) is 0 Å². The summed E-state index contributed by atoms with van der Waals surface area (Å²) in [5, 5.41) is 0. The van der Waals surface area contributed by atoms with Gasteiger partial charge in [0.25, 0.3) is 0 Å². The highest BCUT2D eigenvalue weighted by atomic mass is 32.2. The van der Waals surface area contributed by atoms with E-state index >= 15 is 0 Å². The molecule has 2 aromatic carbocycles. The van der Waals surface area contributed by atoms with Crippen molar-refractivity contribution in [3.8, 4) is 0 Å². The standard InChI is InChI=1S/C13H9FN2S2/c14-8-4-3-7-11(12(8)15)18-13-16-9-5-1-2-6-10(9)17-13/h1-7H,15H2. The molecule has 5 heteroatoms. The van der Waals surface area contributed by atoms with Gasteiger partial charge >= 0.3 is 0 Å². The van der Waals surface area contributed by atoms with E-state index in [1.807, 2.05) is 24.3 Å². The van der Waals surface area contributed by atoms with Gasteiger partial charge in [0.05, 0.1) is 15.9 Å². The monoisotopic (exact) mass is 276 g/mol. The van der Waals surface area contributed by atoms with Gasteiger partial charge in [-0.2, -0.15) is 0 Å². The zero-order valence-electron chi connectivity index (χ0n) is 9.26. The van der Waals surface area contributed by atoms with Gasteiger partial charge in [-0.15, -0.1) is 11.3 Å². The third-order valence-electron chi connectivity index (χ3n) is 2.48. The fourth-order valence-corrected chi connectivity index (χ4v) is 3.68. The molecule has 0 aliphatic heterocycles. The Labute approximate surface area is 112 Å². The highest BCUT2D eigenvalue weighted by molar-refractivity contribution is 8.01.